The number of hydrogen-bond acceptors (Lipinski definition) is 5. The third kappa shape index (κ3) is 1.94. The van der Waals surface area contributed by atoms with E-state index in [1.165, 1.54) is 12.4 Å². The van der Waals surface area contributed by atoms with E-state index in [-0.39, 0.29) is 5.92 Å². The summed E-state index contributed by atoms with van der Waals surface area (Å²) in [7, 11) is 0. The molecule has 1 unspecified atom stereocenters. The third-order valence-electron chi connectivity index (χ3n) is 2.45. The largest absolute Gasteiger partial charge is 0.339 e. The molecule has 5 nitrogen and oxygen atoms in total. The number of anilines is 1. The van der Waals surface area contributed by atoms with Gasteiger partial charge in [-0.05, 0) is 6.42 Å². The third-order valence-corrected chi connectivity index (χ3v) is 2.45. The van der Waals surface area contributed by atoms with E-state index in [2.05, 4.69) is 16.0 Å². The molecule has 0 N–H and O–H groups in total. The Morgan fingerprint density at radius 3 is 2.80 bits per heavy atom. The maximum absolute atomic E-state index is 10.4. The van der Waals surface area contributed by atoms with Crippen LogP contribution in [0.4, 0.5) is 5.95 Å². The van der Waals surface area contributed by atoms with Gasteiger partial charge in [0.05, 0.1) is 17.6 Å². The molecule has 0 aromatic carbocycles. The Morgan fingerprint density at radius 1 is 1.53 bits per heavy atom. The second kappa shape index (κ2) is 4.05. The van der Waals surface area contributed by atoms with Gasteiger partial charge < -0.3 is 4.90 Å². The fourth-order valence-corrected chi connectivity index (χ4v) is 1.60. The molecule has 2 heterocycles. The highest BCUT2D eigenvalue weighted by Gasteiger charge is 2.23. The number of carbonyl (C=O) groups excluding carboxylic acids is 1. The first-order valence-electron chi connectivity index (χ1n) is 4.75. The van der Waals surface area contributed by atoms with Crippen LogP contribution < -0.4 is 4.90 Å². The zero-order valence-corrected chi connectivity index (χ0v) is 8.13. The molecule has 1 aliphatic heterocycles. The van der Waals surface area contributed by atoms with Gasteiger partial charge in [-0.15, -0.1) is 0 Å². The summed E-state index contributed by atoms with van der Waals surface area (Å²) in [5.74, 6) is 0.665. The lowest BCUT2D eigenvalue weighted by atomic mass is 10.1. The van der Waals surface area contributed by atoms with E-state index in [4.69, 9.17) is 5.26 Å². The molecule has 0 bridgehead atoms. The van der Waals surface area contributed by atoms with E-state index in [0.29, 0.717) is 24.3 Å². The van der Waals surface area contributed by atoms with E-state index < -0.39 is 0 Å². The fraction of sp³-hybridized carbons (Fsp3) is 0.400. The second-order valence-corrected chi connectivity index (χ2v) is 3.49. The number of nitriles is 1. The van der Waals surface area contributed by atoms with E-state index >= 15 is 0 Å². The normalized spacial score (nSPS) is 19.9. The summed E-state index contributed by atoms with van der Waals surface area (Å²) in [6, 6.07) is 2.23. The predicted molar refractivity (Wildman–Crippen MR) is 53.4 cm³/mol. The van der Waals surface area contributed by atoms with Gasteiger partial charge >= 0.3 is 0 Å². The lowest BCUT2D eigenvalue weighted by molar-refractivity contribution is 0.112. The average Bonchev–Trinajstić information content (AvgIpc) is 2.78. The van der Waals surface area contributed by atoms with Crippen LogP contribution in [-0.2, 0) is 0 Å². The van der Waals surface area contributed by atoms with Crippen molar-refractivity contribution in [2.75, 3.05) is 18.0 Å². The summed E-state index contributed by atoms with van der Waals surface area (Å²) >= 11 is 0. The van der Waals surface area contributed by atoms with Gasteiger partial charge in [-0.25, -0.2) is 9.97 Å². The molecule has 76 valence electrons. The van der Waals surface area contributed by atoms with Crippen LogP contribution in [0.1, 0.15) is 16.8 Å². The average molecular weight is 202 g/mol. The molecule has 1 fully saturated rings. The van der Waals surface area contributed by atoms with E-state index in [0.717, 1.165) is 13.0 Å². The van der Waals surface area contributed by atoms with E-state index in [1.807, 2.05) is 4.90 Å². The maximum Gasteiger partial charge on any atom is 0.225 e. The fourth-order valence-electron chi connectivity index (χ4n) is 1.60. The Kier molecular flexibility index (Phi) is 2.59. The van der Waals surface area contributed by atoms with Gasteiger partial charge in [-0.1, -0.05) is 0 Å². The van der Waals surface area contributed by atoms with Crippen LogP contribution in [0, 0.1) is 17.2 Å². The molecular formula is C10H10N4O. The first kappa shape index (κ1) is 9.59. The number of aldehydes is 1. The predicted octanol–water partition coefficient (Wildman–Crippen LogP) is 0.639. The quantitative estimate of drug-likeness (QED) is 0.658. The van der Waals surface area contributed by atoms with Crippen LogP contribution in [0.3, 0.4) is 0 Å². The molecule has 2 rings (SSSR count). The van der Waals surface area contributed by atoms with Crippen LogP contribution in [0.2, 0.25) is 0 Å². The highest BCUT2D eigenvalue weighted by molar-refractivity contribution is 5.73. The standard InChI is InChI=1S/C10H10N4O/c11-3-8-1-2-14(6-8)10-12-4-9(7-15)5-13-10/h4-5,7-8H,1-2,6H2. The van der Waals surface area contributed by atoms with Crippen LogP contribution in [0.15, 0.2) is 12.4 Å². The Balaban J connectivity index is 2.11. The van der Waals surface area contributed by atoms with Crippen molar-refractivity contribution in [2.45, 2.75) is 6.42 Å². The summed E-state index contributed by atoms with van der Waals surface area (Å²) in [4.78, 5) is 20.5. The number of nitrogens with zero attached hydrogens (tertiary/aromatic N) is 4. The van der Waals surface area contributed by atoms with Crippen molar-refractivity contribution in [3.63, 3.8) is 0 Å². The summed E-state index contributed by atoms with van der Waals surface area (Å²) in [5.41, 5.74) is 0.467. The molecule has 0 saturated carbocycles. The van der Waals surface area contributed by atoms with Crippen molar-refractivity contribution < 1.29 is 4.79 Å². The summed E-state index contributed by atoms with van der Waals surface area (Å²) in [6.07, 6.45) is 4.56. The number of carbonyl (C=O) groups is 1. The molecule has 1 atom stereocenters. The van der Waals surface area contributed by atoms with Gasteiger partial charge in [0.2, 0.25) is 5.95 Å². The molecular weight excluding hydrogens is 192 g/mol. The van der Waals surface area contributed by atoms with Gasteiger partial charge in [-0.2, -0.15) is 5.26 Å². The molecule has 0 amide bonds. The van der Waals surface area contributed by atoms with Crippen molar-refractivity contribution in [3.8, 4) is 6.07 Å². The van der Waals surface area contributed by atoms with E-state index in [1.54, 1.807) is 0 Å². The van der Waals surface area contributed by atoms with Crippen molar-refractivity contribution in [2.24, 2.45) is 5.92 Å². The van der Waals surface area contributed by atoms with Gasteiger partial charge in [0.25, 0.3) is 0 Å². The molecule has 0 aliphatic carbocycles. The van der Waals surface area contributed by atoms with Crippen molar-refractivity contribution in [1.29, 1.82) is 5.26 Å². The minimum absolute atomic E-state index is 0.0688. The number of rotatable bonds is 2. The topological polar surface area (TPSA) is 69.9 Å². The monoisotopic (exact) mass is 202 g/mol. The Morgan fingerprint density at radius 2 is 2.27 bits per heavy atom. The lowest BCUT2D eigenvalue weighted by Gasteiger charge is -2.14. The lowest BCUT2D eigenvalue weighted by Crippen LogP contribution is -2.21. The summed E-state index contributed by atoms with van der Waals surface area (Å²) in [5, 5.41) is 8.75. The van der Waals surface area contributed by atoms with Gasteiger partial charge in [0, 0.05) is 25.5 Å². The van der Waals surface area contributed by atoms with Crippen LogP contribution >= 0.6 is 0 Å². The minimum Gasteiger partial charge on any atom is -0.339 e. The molecule has 1 aromatic rings. The van der Waals surface area contributed by atoms with Crippen molar-refractivity contribution >= 4 is 12.2 Å². The van der Waals surface area contributed by atoms with Crippen LogP contribution in [0.25, 0.3) is 0 Å². The van der Waals surface area contributed by atoms with E-state index in [9.17, 15) is 4.79 Å². The zero-order chi connectivity index (χ0) is 10.7. The van der Waals surface area contributed by atoms with Gasteiger partial charge in [0.15, 0.2) is 6.29 Å². The summed E-state index contributed by atoms with van der Waals surface area (Å²) < 4.78 is 0. The SMILES string of the molecule is N#CC1CCN(c2ncc(C=O)cn2)C1. The second-order valence-electron chi connectivity index (χ2n) is 3.49. The minimum atomic E-state index is 0.0688. The number of hydrogen-bond donors (Lipinski definition) is 0. The molecule has 1 aliphatic rings. The molecule has 15 heavy (non-hydrogen) atoms. The Labute approximate surface area is 87.4 Å². The van der Waals surface area contributed by atoms with Gasteiger partial charge in [0.1, 0.15) is 0 Å². The molecule has 0 spiro atoms. The highest BCUT2D eigenvalue weighted by Crippen LogP contribution is 2.19. The van der Waals surface area contributed by atoms with Crippen LogP contribution in [-0.4, -0.2) is 29.3 Å². The maximum atomic E-state index is 10.4. The zero-order valence-electron chi connectivity index (χ0n) is 8.13. The molecule has 5 heteroatoms. The first-order chi connectivity index (χ1) is 7.33. The van der Waals surface area contributed by atoms with Gasteiger partial charge in [-0.3, -0.25) is 4.79 Å². The van der Waals surface area contributed by atoms with Crippen molar-refractivity contribution in [1.82, 2.24) is 9.97 Å². The van der Waals surface area contributed by atoms with Crippen LogP contribution in [0.5, 0.6) is 0 Å². The molecule has 0 radical (unpaired) electrons. The molecule has 1 aromatic heterocycles. The highest BCUT2D eigenvalue weighted by atomic mass is 16.1. The Hall–Kier alpha value is -1.96. The Bertz CT molecular complexity index is 395. The molecule has 1 saturated heterocycles. The smallest absolute Gasteiger partial charge is 0.225 e. The summed E-state index contributed by atoms with van der Waals surface area (Å²) in [6.45, 7) is 1.48. The first-order valence-corrected chi connectivity index (χ1v) is 4.75. The van der Waals surface area contributed by atoms with Crippen molar-refractivity contribution in [3.05, 3.63) is 18.0 Å². The number of aromatic nitrogens is 2.